The van der Waals surface area contributed by atoms with Crippen molar-refractivity contribution in [1.82, 2.24) is 9.97 Å². The standard InChI is InChI=1S/C14H10N2/c1-2-11-8-10-4-3-9-5-7-16-13(9)12(10)14(11)15-6-1/h1-7,16H,8H2. The van der Waals surface area contributed by atoms with Gasteiger partial charge in [0.15, 0.2) is 0 Å². The van der Waals surface area contributed by atoms with Gasteiger partial charge >= 0.3 is 0 Å². The van der Waals surface area contributed by atoms with Crippen molar-refractivity contribution in [3.8, 4) is 11.3 Å². The van der Waals surface area contributed by atoms with Crippen LogP contribution in [0.1, 0.15) is 11.1 Å². The number of rotatable bonds is 0. The van der Waals surface area contributed by atoms with Crippen LogP contribution in [-0.2, 0) is 6.42 Å². The molecule has 0 atom stereocenters. The van der Waals surface area contributed by atoms with Gasteiger partial charge < -0.3 is 4.98 Å². The molecule has 0 amide bonds. The van der Waals surface area contributed by atoms with Crippen molar-refractivity contribution in [2.75, 3.05) is 0 Å². The molecule has 0 radical (unpaired) electrons. The van der Waals surface area contributed by atoms with Crippen molar-refractivity contribution in [2.45, 2.75) is 6.42 Å². The van der Waals surface area contributed by atoms with Crippen LogP contribution < -0.4 is 0 Å². The van der Waals surface area contributed by atoms with Gasteiger partial charge in [0.2, 0.25) is 0 Å². The molecule has 1 aliphatic carbocycles. The monoisotopic (exact) mass is 206 g/mol. The number of nitrogens with zero attached hydrogens (tertiary/aromatic N) is 1. The van der Waals surface area contributed by atoms with Crippen LogP contribution in [0.2, 0.25) is 0 Å². The van der Waals surface area contributed by atoms with Crippen LogP contribution >= 0.6 is 0 Å². The summed E-state index contributed by atoms with van der Waals surface area (Å²) >= 11 is 0. The summed E-state index contributed by atoms with van der Waals surface area (Å²) in [7, 11) is 0. The highest BCUT2D eigenvalue weighted by Gasteiger charge is 2.21. The van der Waals surface area contributed by atoms with E-state index in [0.717, 1.165) is 12.1 Å². The van der Waals surface area contributed by atoms with Crippen LogP contribution in [0.4, 0.5) is 0 Å². The highest BCUT2D eigenvalue weighted by molar-refractivity contribution is 5.97. The van der Waals surface area contributed by atoms with Crippen molar-refractivity contribution in [3.63, 3.8) is 0 Å². The van der Waals surface area contributed by atoms with Gasteiger partial charge in [-0.3, -0.25) is 4.98 Å². The molecule has 1 N–H and O–H groups in total. The van der Waals surface area contributed by atoms with Gasteiger partial charge in [-0.15, -0.1) is 0 Å². The minimum atomic E-state index is 1.01. The van der Waals surface area contributed by atoms with Gasteiger partial charge in [0, 0.05) is 29.8 Å². The van der Waals surface area contributed by atoms with Gasteiger partial charge in [-0.25, -0.2) is 0 Å². The maximum Gasteiger partial charge on any atom is 0.0761 e. The lowest BCUT2D eigenvalue weighted by Gasteiger charge is -2.01. The molecular formula is C14H10N2. The molecule has 3 aromatic rings. The second kappa shape index (κ2) is 2.73. The highest BCUT2D eigenvalue weighted by Crippen LogP contribution is 2.38. The van der Waals surface area contributed by atoms with Gasteiger partial charge in [0.05, 0.1) is 11.2 Å². The number of benzene rings is 1. The van der Waals surface area contributed by atoms with E-state index < -0.39 is 0 Å². The Morgan fingerprint density at radius 1 is 1.06 bits per heavy atom. The number of nitrogens with one attached hydrogen (secondary N) is 1. The van der Waals surface area contributed by atoms with Gasteiger partial charge in [0.25, 0.3) is 0 Å². The summed E-state index contributed by atoms with van der Waals surface area (Å²) in [5, 5.41) is 1.26. The zero-order valence-electron chi connectivity index (χ0n) is 8.70. The molecule has 4 rings (SSSR count). The Morgan fingerprint density at radius 2 is 2.06 bits per heavy atom. The van der Waals surface area contributed by atoms with Crippen molar-refractivity contribution in [3.05, 3.63) is 53.9 Å². The lowest BCUT2D eigenvalue weighted by atomic mass is 10.1. The molecule has 1 aliphatic rings. The third-order valence-electron chi connectivity index (χ3n) is 3.32. The summed E-state index contributed by atoms with van der Waals surface area (Å²) in [6, 6.07) is 10.7. The summed E-state index contributed by atoms with van der Waals surface area (Å²) in [5.74, 6) is 0. The largest absolute Gasteiger partial charge is 0.361 e. The lowest BCUT2D eigenvalue weighted by molar-refractivity contribution is 1.23. The molecule has 2 heteroatoms. The molecule has 2 heterocycles. The predicted molar refractivity (Wildman–Crippen MR) is 64.3 cm³/mol. The Labute approximate surface area is 93.0 Å². The molecule has 2 aromatic heterocycles. The second-order valence-corrected chi connectivity index (χ2v) is 4.23. The van der Waals surface area contributed by atoms with Crippen LogP contribution in [-0.4, -0.2) is 9.97 Å². The normalized spacial score (nSPS) is 12.8. The molecule has 0 spiro atoms. The topological polar surface area (TPSA) is 28.7 Å². The Kier molecular flexibility index (Phi) is 1.38. The summed E-state index contributed by atoms with van der Waals surface area (Å²) < 4.78 is 0. The Bertz CT molecular complexity index is 695. The Morgan fingerprint density at radius 3 is 3.06 bits per heavy atom. The van der Waals surface area contributed by atoms with Crippen LogP contribution in [0.5, 0.6) is 0 Å². The van der Waals surface area contributed by atoms with Gasteiger partial charge in [-0.05, 0) is 23.3 Å². The molecule has 2 nitrogen and oxygen atoms in total. The zero-order valence-corrected chi connectivity index (χ0v) is 8.70. The molecule has 16 heavy (non-hydrogen) atoms. The van der Waals surface area contributed by atoms with E-state index in [1.165, 1.54) is 27.6 Å². The molecule has 76 valence electrons. The third-order valence-corrected chi connectivity index (χ3v) is 3.32. The Hall–Kier alpha value is -2.09. The lowest BCUT2D eigenvalue weighted by Crippen LogP contribution is -1.83. The average molecular weight is 206 g/mol. The number of fused-ring (bicyclic) bond motifs is 5. The Balaban J connectivity index is 2.18. The van der Waals surface area contributed by atoms with Crippen LogP contribution in [0.15, 0.2) is 42.7 Å². The summed E-state index contributed by atoms with van der Waals surface area (Å²) in [5.41, 5.74) is 6.36. The molecule has 0 fully saturated rings. The van der Waals surface area contributed by atoms with Gasteiger partial charge in [-0.1, -0.05) is 18.2 Å². The van der Waals surface area contributed by atoms with Crippen LogP contribution in [0.25, 0.3) is 22.2 Å². The van der Waals surface area contributed by atoms with E-state index in [2.05, 4.69) is 34.2 Å². The van der Waals surface area contributed by atoms with Gasteiger partial charge in [0.1, 0.15) is 0 Å². The van der Waals surface area contributed by atoms with E-state index in [4.69, 9.17) is 0 Å². The zero-order chi connectivity index (χ0) is 10.5. The number of aromatic nitrogens is 2. The molecule has 0 saturated heterocycles. The fraction of sp³-hybridized carbons (Fsp3) is 0.0714. The fourth-order valence-corrected chi connectivity index (χ4v) is 2.60. The second-order valence-electron chi connectivity index (χ2n) is 4.23. The number of hydrogen-bond donors (Lipinski definition) is 1. The minimum Gasteiger partial charge on any atom is -0.361 e. The summed E-state index contributed by atoms with van der Waals surface area (Å²) in [6.45, 7) is 0. The fourth-order valence-electron chi connectivity index (χ4n) is 2.60. The average Bonchev–Trinajstić information content (AvgIpc) is 2.91. The third kappa shape index (κ3) is 0.890. The molecule has 0 aliphatic heterocycles. The van der Waals surface area contributed by atoms with E-state index >= 15 is 0 Å². The van der Waals surface area contributed by atoms with E-state index in [-0.39, 0.29) is 0 Å². The molecule has 0 saturated carbocycles. The minimum absolute atomic E-state index is 1.01. The SMILES string of the molecule is c1cnc2c(c1)Cc1ccc3cc[nH]c3c1-2. The summed E-state index contributed by atoms with van der Waals surface area (Å²) in [4.78, 5) is 7.83. The summed E-state index contributed by atoms with van der Waals surface area (Å²) in [6.07, 6.45) is 4.87. The highest BCUT2D eigenvalue weighted by atomic mass is 14.7. The predicted octanol–water partition coefficient (Wildman–Crippen LogP) is 3.13. The molecule has 1 aromatic carbocycles. The van der Waals surface area contributed by atoms with Crippen LogP contribution in [0.3, 0.4) is 0 Å². The maximum atomic E-state index is 4.51. The number of aromatic amines is 1. The van der Waals surface area contributed by atoms with Crippen molar-refractivity contribution in [1.29, 1.82) is 0 Å². The molecule has 0 bridgehead atoms. The number of pyridine rings is 1. The first-order chi connectivity index (χ1) is 7.93. The van der Waals surface area contributed by atoms with Gasteiger partial charge in [-0.2, -0.15) is 0 Å². The van der Waals surface area contributed by atoms with Crippen molar-refractivity contribution >= 4 is 10.9 Å². The van der Waals surface area contributed by atoms with Crippen molar-refractivity contribution in [2.24, 2.45) is 0 Å². The van der Waals surface area contributed by atoms with Crippen LogP contribution in [0, 0.1) is 0 Å². The van der Waals surface area contributed by atoms with E-state index in [0.29, 0.717) is 0 Å². The smallest absolute Gasteiger partial charge is 0.0761 e. The molecule has 0 unspecified atom stereocenters. The van der Waals surface area contributed by atoms with E-state index in [1.807, 2.05) is 18.5 Å². The first-order valence-electron chi connectivity index (χ1n) is 5.47. The van der Waals surface area contributed by atoms with E-state index in [9.17, 15) is 0 Å². The maximum absolute atomic E-state index is 4.51. The number of hydrogen-bond acceptors (Lipinski definition) is 1. The van der Waals surface area contributed by atoms with E-state index in [1.54, 1.807) is 0 Å². The van der Waals surface area contributed by atoms with Crippen molar-refractivity contribution < 1.29 is 0 Å². The molecular weight excluding hydrogens is 196 g/mol. The first-order valence-corrected chi connectivity index (χ1v) is 5.47. The number of H-pyrrole nitrogens is 1. The first kappa shape index (κ1) is 8.11. The quantitative estimate of drug-likeness (QED) is 0.470.